The zero-order chi connectivity index (χ0) is 22.3. The Morgan fingerprint density at radius 1 is 1.28 bits per heavy atom. The fourth-order valence-electron chi connectivity index (χ4n) is 7.56. The number of hydrogen-bond acceptors (Lipinski definition) is 4. The van der Waals surface area contributed by atoms with E-state index in [-0.39, 0.29) is 5.91 Å². The number of hydrazone groups is 1. The van der Waals surface area contributed by atoms with Gasteiger partial charge in [-0.2, -0.15) is 10.2 Å². The van der Waals surface area contributed by atoms with Crippen LogP contribution in [0.4, 0.5) is 0 Å². The number of halogens is 1. The Bertz CT molecular complexity index is 1130. The van der Waals surface area contributed by atoms with Gasteiger partial charge in [-0.05, 0) is 95.0 Å². The van der Waals surface area contributed by atoms with Crippen LogP contribution in [0.15, 0.2) is 11.2 Å². The molecule has 0 spiro atoms. The van der Waals surface area contributed by atoms with Crippen molar-refractivity contribution < 1.29 is 4.79 Å². The smallest absolute Gasteiger partial charge is 0.267 e. The standard InChI is InChI=1S/C25H32BrN5O/c1-14(8-24-9-16-6-17(10-24)12-25(26,11-16)13-24)28-29-23(32)19-7-20(18-4-5-18)27-22-21(19)15(2)30-31(22)3/h7,16-18H,4-6,8-13H2,1-3H3,(H,29,32). The average Bonchev–Trinajstić information content (AvgIpc) is 3.50. The summed E-state index contributed by atoms with van der Waals surface area (Å²) in [5.41, 5.74) is 7.54. The number of nitrogens with one attached hydrogen (secondary N) is 1. The molecule has 0 radical (unpaired) electrons. The summed E-state index contributed by atoms with van der Waals surface area (Å²) in [4.78, 5) is 18.0. The van der Waals surface area contributed by atoms with E-state index in [4.69, 9.17) is 4.98 Å². The zero-order valence-electron chi connectivity index (χ0n) is 19.2. The van der Waals surface area contributed by atoms with Crippen LogP contribution in [0.3, 0.4) is 0 Å². The maximum absolute atomic E-state index is 13.2. The largest absolute Gasteiger partial charge is 0.272 e. The predicted molar refractivity (Wildman–Crippen MR) is 129 cm³/mol. The number of rotatable bonds is 5. The zero-order valence-corrected chi connectivity index (χ0v) is 20.8. The summed E-state index contributed by atoms with van der Waals surface area (Å²) in [6, 6.07) is 1.96. The lowest BCUT2D eigenvalue weighted by atomic mass is 9.48. The van der Waals surface area contributed by atoms with Crippen LogP contribution in [-0.4, -0.2) is 30.7 Å². The summed E-state index contributed by atoms with van der Waals surface area (Å²) < 4.78 is 2.13. The third-order valence-corrected chi connectivity index (χ3v) is 9.25. The number of amides is 1. The number of hydrogen-bond donors (Lipinski definition) is 1. The molecule has 1 N–H and O–H groups in total. The first-order chi connectivity index (χ1) is 15.2. The third kappa shape index (κ3) is 3.51. The van der Waals surface area contributed by atoms with Gasteiger partial charge in [-0.25, -0.2) is 10.4 Å². The maximum Gasteiger partial charge on any atom is 0.272 e. The Morgan fingerprint density at radius 3 is 2.66 bits per heavy atom. The summed E-state index contributed by atoms with van der Waals surface area (Å²) in [5.74, 6) is 2.03. The second-order valence-corrected chi connectivity index (χ2v) is 13.0. The van der Waals surface area contributed by atoms with Gasteiger partial charge in [0.05, 0.1) is 16.6 Å². The van der Waals surface area contributed by atoms with Gasteiger partial charge in [0.1, 0.15) is 0 Å². The Kier molecular flexibility index (Phi) is 4.63. The van der Waals surface area contributed by atoms with E-state index in [1.54, 1.807) is 4.68 Å². The number of fused-ring (bicyclic) bond motifs is 1. The normalized spacial score (nSPS) is 33.8. The highest BCUT2D eigenvalue weighted by Crippen LogP contribution is 2.65. The molecule has 32 heavy (non-hydrogen) atoms. The van der Waals surface area contributed by atoms with Gasteiger partial charge in [0.2, 0.25) is 0 Å². The van der Waals surface area contributed by atoms with E-state index in [1.165, 1.54) is 38.5 Å². The van der Waals surface area contributed by atoms with Crippen molar-refractivity contribution >= 4 is 38.6 Å². The molecule has 2 atom stereocenters. The maximum atomic E-state index is 13.2. The number of pyridine rings is 1. The molecule has 1 amide bonds. The predicted octanol–water partition coefficient (Wildman–Crippen LogP) is 5.38. The molecule has 4 bridgehead atoms. The molecule has 7 rings (SSSR count). The Morgan fingerprint density at radius 2 is 2.00 bits per heavy atom. The summed E-state index contributed by atoms with van der Waals surface area (Å²) in [6.45, 7) is 4.02. The molecule has 5 aliphatic carbocycles. The van der Waals surface area contributed by atoms with Gasteiger partial charge in [0.15, 0.2) is 5.65 Å². The van der Waals surface area contributed by atoms with Gasteiger partial charge in [-0.3, -0.25) is 9.48 Å². The summed E-state index contributed by atoms with van der Waals surface area (Å²) in [6.07, 6.45) is 11.3. The molecule has 5 fully saturated rings. The summed E-state index contributed by atoms with van der Waals surface area (Å²) in [7, 11) is 1.89. The molecule has 0 aromatic carbocycles. The highest BCUT2D eigenvalue weighted by Gasteiger charge is 2.56. The van der Waals surface area contributed by atoms with Crippen LogP contribution in [0.5, 0.6) is 0 Å². The third-order valence-electron chi connectivity index (χ3n) is 8.32. The van der Waals surface area contributed by atoms with Gasteiger partial charge in [-0.15, -0.1) is 0 Å². The van der Waals surface area contributed by atoms with Crippen molar-refractivity contribution in [2.24, 2.45) is 29.4 Å². The molecule has 5 aliphatic rings. The monoisotopic (exact) mass is 497 g/mol. The minimum absolute atomic E-state index is 0.155. The quantitative estimate of drug-likeness (QED) is 0.342. The lowest BCUT2D eigenvalue weighted by molar-refractivity contribution is -0.0303. The molecule has 0 aliphatic heterocycles. The van der Waals surface area contributed by atoms with Crippen LogP contribution in [0.25, 0.3) is 11.0 Å². The van der Waals surface area contributed by atoms with Crippen LogP contribution in [0.1, 0.15) is 92.4 Å². The number of alkyl halides is 1. The molecule has 2 aromatic heterocycles. The topological polar surface area (TPSA) is 72.2 Å². The highest BCUT2D eigenvalue weighted by atomic mass is 79.9. The van der Waals surface area contributed by atoms with Gasteiger partial charge >= 0.3 is 0 Å². The Labute approximate surface area is 197 Å². The van der Waals surface area contributed by atoms with Gasteiger partial charge < -0.3 is 0 Å². The Balaban J connectivity index is 1.23. The average molecular weight is 498 g/mol. The van der Waals surface area contributed by atoms with E-state index in [1.807, 2.05) is 20.0 Å². The molecule has 6 nitrogen and oxygen atoms in total. The lowest BCUT2D eigenvalue weighted by Gasteiger charge is -2.60. The number of aryl methyl sites for hydroxylation is 2. The van der Waals surface area contributed by atoms with Crippen molar-refractivity contribution in [3.63, 3.8) is 0 Å². The highest BCUT2D eigenvalue weighted by molar-refractivity contribution is 9.10. The first kappa shape index (κ1) is 20.8. The minimum Gasteiger partial charge on any atom is -0.267 e. The molecule has 2 aromatic rings. The number of carbonyl (C=O) groups excluding carboxylic acids is 1. The second kappa shape index (κ2) is 7.12. The van der Waals surface area contributed by atoms with E-state index in [0.29, 0.717) is 21.2 Å². The molecule has 7 heteroatoms. The van der Waals surface area contributed by atoms with Gasteiger partial charge in [0.25, 0.3) is 5.91 Å². The van der Waals surface area contributed by atoms with Crippen LogP contribution in [0, 0.1) is 24.2 Å². The van der Waals surface area contributed by atoms with E-state index in [0.717, 1.165) is 59.2 Å². The van der Waals surface area contributed by atoms with E-state index >= 15 is 0 Å². The van der Waals surface area contributed by atoms with E-state index < -0.39 is 0 Å². The van der Waals surface area contributed by atoms with E-state index in [9.17, 15) is 4.79 Å². The first-order valence-corrected chi connectivity index (χ1v) is 12.9. The van der Waals surface area contributed by atoms with Crippen molar-refractivity contribution in [2.75, 3.05) is 0 Å². The molecule has 2 heterocycles. The SMILES string of the molecule is CC(CC12CC3CC(CC(Br)(C3)C1)C2)=NNC(=O)c1cc(C2CC2)nc2c1c(C)nn2C. The fourth-order valence-corrected chi connectivity index (χ4v) is 9.07. The van der Waals surface area contributed by atoms with Crippen LogP contribution < -0.4 is 5.43 Å². The lowest BCUT2D eigenvalue weighted by Crippen LogP contribution is -2.53. The molecule has 170 valence electrons. The van der Waals surface area contributed by atoms with Gasteiger partial charge in [0, 0.05) is 28.7 Å². The van der Waals surface area contributed by atoms with Crippen LogP contribution >= 0.6 is 15.9 Å². The van der Waals surface area contributed by atoms with Crippen LogP contribution in [-0.2, 0) is 7.05 Å². The van der Waals surface area contributed by atoms with Crippen molar-refractivity contribution in [2.45, 2.75) is 81.9 Å². The molecule has 5 saturated carbocycles. The van der Waals surface area contributed by atoms with Crippen molar-refractivity contribution in [1.29, 1.82) is 0 Å². The van der Waals surface area contributed by atoms with E-state index in [2.05, 4.69) is 38.5 Å². The second-order valence-electron chi connectivity index (χ2n) is 11.4. The number of nitrogens with zero attached hydrogens (tertiary/aromatic N) is 4. The number of carbonyl (C=O) groups is 1. The summed E-state index contributed by atoms with van der Waals surface area (Å²) in [5, 5.41) is 9.94. The van der Waals surface area contributed by atoms with Crippen molar-refractivity contribution in [3.05, 3.63) is 23.0 Å². The van der Waals surface area contributed by atoms with Crippen LogP contribution in [0.2, 0.25) is 0 Å². The molecular weight excluding hydrogens is 466 g/mol. The molecule has 2 unspecified atom stereocenters. The molecular formula is C25H32BrN5O. The fraction of sp³-hybridized carbons (Fsp3) is 0.680. The first-order valence-electron chi connectivity index (χ1n) is 12.1. The van der Waals surface area contributed by atoms with Gasteiger partial charge in [-0.1, -0.05) is 15.9 Å². The Hall–Kier alpha value is -1.76. The molecule has 0 saturated heterocycles. The number of aromatic nitrogens is 3. The summed E-state index contributed by atoms with van der Waals surface area (Å²) >= 11 is 4.11. The van der Waals surface area contributed by atoms with Crippen molar-refractivity contribution in [3.8, 4) is 0 Å². The van der Waals surface area contributed by atoms with Crippen molar-refractivity contribution in [1.82, 2.24) is 20.2 Å². The minimum atomic E-state index is -0.155.